The summed E-state index contributed by atoms with van der Waals surface area (Å²) in [6.07, 6.45) is 0. The summed E-state index contributed by atoms with van der Waals surface area (Å²) < 4.78 is 14.3. The molecule has 0 bridgehead atoms. The van der Waals surface area contributed by atoms with Gasteiger partial charge in [0.2, 0.25) is 0 Å². The summed E-state index contributed by atoms with van der Waals surface area (Å²) in [4.78, 5) is 5.66. The van der Waals surface area contributed by atoms with Crippen LogP contribution in [0.1, 0.15) is 36.9 Å². The van der Waals surface area contributed by atoms with E-state index in [2.05, 4.69) is 31.8 Å². The average Bonchev–Trinajstić information content (AvgIpc) is 2.86. The third-order valence-electron chi connectivity index (χ3n) is 3.85. The lowest BCUT2D eigenvalue weighted by Crippen LogP contribution is -2.11. The third-order valence-corrected chi connectivity index (χ3v) is 6.23. The van der Waals surface area contributed by atoms with Crippen LogP contribution in [0.4, 0.5) is 4.39 Å². The summed E-state index contributed by atoms with van der Waals surface area (Å²) in [7, 11) is 0. The van der Waals surface area contributed by atoms with Crippen molar-refractivity contribution in [3.05, 3.63) is 52.3 Å². The number of thiazole rings is 1. The second-order valence-corrected chi connectivity index (χ2v) is 9.03. The van der Waals surface area contributed by atoms with Gasteiger partial charge in [0.25, 0.3) is 0 Å². The molecule has 126 valence electrons. The monoisotopic (exact) mass is 361 g/mol. The predicted molar refractivity (Wildman–Crippen MR) is 101 cm³/mol. The Morgan fingerprint density at radius 1 is 1.21 bits per heavy atom. The van der Waals surface area contributed by atoms with E-state index in [0.717, 1.165) is 31.5 Å². The molecule has 0 fully saturated rings. The standard InChI is InChI=1S/C19H20FNOS2/c1-11-7-15(22)13(19(2,3)4)9-17(11)23-10-18-21-14-8-12(20)5-6-16(14)24-18/h5-9,22H,10H2,1-4H3. The number of aromatic nitrogens is 1. The van der Waals surface area contributed by atoms with Crippen molar-refractivity contribution in [3.8, 4) is 5.75 Å². The minimum Gasteiger partial charge on any atom is -0.508 e. The van der Waals surface area contributed by atoms with Gasteiger partial charge in [-0.05, 0) is 42.2 Å². The molecule has 1 heterocycles. The van der Waals surface area contributed by atoms with Crippen LogP contribution in [0.25, 0.3) is 10.2 Å². The maximum atomic E-state index is 13.3. The Bertz CT molecular complexity index is 896. The van der Waals surface area contributed by atoms with Gasteiger partial charge in [-0.3, -0.25) is 0 Å². The molecular weight excluding hydrogens is 341 g/mol. The van der Waals surface area contributed by atoms with Crippen molar-refractivity contribution in [1.82, 2.24) is 4.98 Å². The summed E-state index contributed by atoms with van der Waals surface area (Å²) in [5.74, 6) is 0.826. The number of hydrogen-bond donors (Lipinski definition) is 1. The molecule has 0 radical (unpaired) electrons. The number of phenols is 1. The molecular formula is C19H20FNOS2. The molecule has 0 aliphatic rings. The van der Waals surface area contributed by atoms with E-state index in [-0.39, 0.29) is 11.2 Å². The van der Waals surface area contributed by atoms with E-state index in [0.29, 0.717) is 11.3 Å². The largest absolute Gasteiger partial charge is 0.508 e. The molecule has 2 nitrogen and oxygen atoms in total. The van der Waals surface area contributed by atoms with E-state index < -0.39 is 0 Å². The first-order valence-electron chi connectivity index (χ1n) is 7.76. The molecule has 2 aromatic carbocycles. The zero-order valence-electron chi connectivity index (χ0n) is 14.2. The maximum absolute atomic E-state index is 13.3. The molecule has 0 saturated carbocycles. The Hall–Kier alpha value is -1.59. The van der Waals surface area contributed by atoms with E-state index in [1.807, 2.05) is 13.0 Å². The lowest BCUT2D eigenvalue weighted by atomic mass is 9.86. The third kappa shape index (κ3) is 3.57. The lowest BCUT2D eigenvalue weighted by Gasteiger charge is -2.22. The van der Waals surface area contributed by atoms with Gasteiger partial charge >= 0.3 is 0 Å². The van der Waals surface area contributed by atoms with Crippen LogP contribution in [0.15, 0.2) is 35.2 Å². The minimum absolute atomic E-state index is 0.111. The van der Waals surface area contributed by atoms with Crippen LogP contribution < -0.4 is 0 Å². The van der Waals surface area contributed by atoms with E-state index in [1.165, 1.54) is 12.1 Å². The number of benzene rings is 2. The highest BCUT2D eigenvalue weighted by atomic mass is 32.2. The van der Waals surface area contributed by atoms with Crippen molar-refractivity contribution in [2.24, 2.45) is 0 Å². The molecule has 0 aliphatic carbocycles. The van der Waals surface area contributed by atoms with Gasteiger partial charge < -0.3 is 5.11 Å². The van der Waals surface area contributed by atoms with Gasteiger partial charge in [-0.1, -0.05) is 20.8 Å². The molecule has 1 N–H and O–H groups in total. The molecule has 0 amide bonds. The molecule has 24 heavy (non-hydrogen) atoms. The predicted octanol–water partition coefficient (Wildman–Crippen LogP) is 6.04. The van der Waals surface area contributed by atoms with Crippen molar-refractivity contribution in [2.45, 2.75) is 43.8 Å². The van der Waals surface area contributed by atoms with Crippen molar-refractivity contribution in [3.63, 3.8) is 0 Å². The van der Waals surface area contributed by atoms with Gasteiger partial charge in [-0.2, -0.15) is 0 Å². The van der Waals surface area contributed by atoms with Gasteiger partial charge in [0.05, 0.1) is 16.0 Å². The van der Waals surface area contributed by atoms with Crippen LogP contribution in [0.5, 0.6) is 5.75 Å². The highest BCUT2D eigenvalue weighted by molar-refractivity contribution is 7.98. The molecule has 5 heteroatoms. The van der Waals surface area contributed by atoms with Crippen molar-refractivity contribution in [2.75, 3.05) is 0 Å². The second-order valence-electron chi connectivity index (χ2n) is 6.89. The number of phenolic OH excluding ortho intramolecular Hbond substituents is 1. The molecule has 3 aromatic rings. The fourth-order valence-electron chi connectivity index (χ4n) is 2.58. The number of rotatable bonds is 3. The minimum atomic E-state index is -0.254. The first-order chi connectivity index (χ1) is 11.2. The summed E-state index contributed by atoms with van der Waals surface area (Å²) >= 11 is 3.30. The first-order valence-corrected chi connectivity index (χ1v) is 9.56. The molecule has 0 atom stereocenters. The Kier molecular flexibility index (Phi) is 4.58. The summed E-state index contributed by atoms with van der Waals surface area (Å²) in [6, 6.07) is 8.62. The molecule has 1 aromatic heterocycles. The summed E-state index contributed by atoms with van der Waals surface area (Å²) in [6.45, 7) is 8.28. The van der Waals surface area contributed by atoms with Crippen molar-refractivity contribution >= 4 is 33.3 Å². The molecule has 0 spiro atoms. The number of fused-ring (bicyclic) bond motifs is 1. The number of nitrogens with zero attached hydrogens (tertiary/aromatic N) is 1. The second kappa shape index (κ2) is 6.37. The fraction of sp³-hybridized carbons (Fsp3) is 0.316. The van der Waals surface area contributed by atoms with E-state index in [1.54, 1.807) is 29.2 Å². The smallest absolute Gasteiger partial charge is 0.125 e. The molecule has 3 rings (SSSR count). The van der Waals surface area contributed by atoms with E-state index in [4.69, 9.17) is 0 Å². The summed E-state index contributed by atoms with van der Waals surface area (Å²) in [5, 5.41) is 11.2. The number of hydrogen-bond acceptors (Lipinski definition) is 4. The van der Waals surface area contributed by atoms with Crippen LogP contribution in [-0.4, -0.2) is 10.1 Å². The van der Waals surface area contributed by atoms with E-state index >= 15 is 0 Å². The number of aromatic hydroxyl groups is 1. The number of halogens is 1. The van der Waals surface area contributed by atoms with Crippen molar-refractivity contribution in [1.29, 1.82) is 0 Å². The van der Waals surface area contributed by atoms with Crippen molar-refractivity contribution < 1.29 is 9.50 Å². The van der Waals surface area contributed by atoms with Gasteiger partial charge in [-0.25, -0.2) is 9.37 Å². The number of aryl methyl sites for hydroxylation is 1. The maximum Gasteiger partial charge on any atom is 0.125 e. The quantitative estimate of drug-likeness (QED) is 0.577. The van der Waals surface area contributed by atoms with Gasteiger partial charge in [0.15, 0.2) is 0 Å². The normalized spacial score (nSPS) is 12.0. The van der Waals surface area contributed by atoms with Gasteiger partial charge in [0.1, 0.15) is 16.6 Å². The van der Waals surface area contributed by atoms with Crippen LogP contribution in [0.2, 0.25) is 0 Å². The fourth-order valence-corrected chi connectivity index (χ4v) is 4.57. The molecule has 0 aliphatic heterocycles. The summed E-state index contributed by atoms with van der Waals surface area (Å²) in [5.41, 5.74) is 2.61. The van der Waals surface area contributed by atoms with Gasteiger partial charge in [-0.15, -0.1) is 23.1 Å². The highest BCUT2D eigenvalue weighted by Crippen LogP contribution is 2.37. The topological polar surface area (TPSA) is 33.1 Å². The molecule has 0 saturated heterocycles. The Morgan fingerprint density at radius 2 is 1.96 bits per heavy atom. The Morgan fingerprint density at radius 3 is 2.67 bits per heavy atom. The SMILES string of the molecule is Cc1cc(O)c(C(C)(C)C)cc1SCc1nc2cc(F)ccc2s1. The lowest BCUT2D eigenvalue weighted by molar-refractivity contribution is 0.445. The number of thioether (sulfide) groups is 1. The average molecular weight is 362 g/mol. The van der Waals surface area contributed by atoms with Crippen LogP contribution >= 0.6 is 23.1 Å². The zero-order valence-corrected chi connectivity index (χ0v) is 15.8. The molecule has 0 unspecified atom stereocenters. The van der Waals surface area contributed by atoms with Crippen LogP contribution in [-0.2, 0) is 11.2 Å². The highest BCUT2D eigenvalue weighted by Gasteiger charge is 2.20. The van der Waals surface area contributed by atoms with Crippen LogP contribution in [0.3, 0.4) is 0 Å². The van der Waals surface area contributed by atoms with Gasteiger partial charge in [0, 0.05) is 16.5 Å². The first kappa shape index (κ1) is 17.2. The van der Waals surface area contributed by atoms with E-state index in [9.17, 15) is 9.50 Å². The zero-order chi connectivity index (χ0) is 17.5. The Balaban J connectivity index is 1.85. The Labute approximate surface area is 149 Å². The van der Waals surface area contributed by atoms with Crippen LogP contribution in [0, 0.1) is 12.7 Å².